The van der Waals surface area contributed by atoms with Gasteiger partial charge in [0.1, 0.15) is 0 Å². The van der Waals surface area contributed by atoms with Gasteiger partial charge in [-0.1, -0.05) is 109 Å². The second-order valence-electron chi connectivity index (χ2n) is 7.27. The smallest absolute Gasteiger partial charge is 0.0622 e. The normalized spacial score (nSPS) is 14.6. The molecular formula is C30H20. The zero-order valence-corrected chi connectivity index (χ0v) is 16.0. The van der Waals surface area contributed by atoms with Gasteiger partial charge in [-0.3, -0.25) is 0 Å². The Labute approximate surface area is 185 Å². The Hall–Kier alpha value is -3.90. The van der Waals surface area contributed by atoms with E-state index in [2.05, 4.69) is 12.1 Å². The molecule has 6 aromatic carbocycles. The summed E-state index contributed by atoms with van der Waals surface area (Å²) in [6.45, 7) is 0. The average Bonchev–Trinajstić information content (AvgIpc) is 2.92. The van der Waals surface area contributed by atoms with Gasteiger partial charge < -0.3 is 0 Å². The lowest BCUT2D eigenvalue weighted by Crippen LogP contribution is -1.88. The molecule has 0 spiro atoms. The Balaban J connectivity index is 1.84. The third kappa shape index (κ3) is 2.69. The maximum absolute atomic E-state index is 8.91. The van der Waals surface area contributed by atoms with Crippen LogP contribution in [0.25, 0.3) is 54.6 Å². The standard InChI is InChI=1S/C30H20/c1-2-9-21(10-3-1)23-17-18-28-25(19-23)20-24-12-5-7-15-27(24)30(28)29-16-8-13-22-11-4-6-14-26(22)29/h1-20H/i4D,6D,8D,11D,13D,14D,16D. The van der Waals surface area contributed by atoms with Crippen molar-refractivity contribution >= 4 is 32.3 Å². The highest BCUT2D eigenvalue weighted by atomic mass is 14.2. The van der Waals surface area contributed by atoms with E-state index in [9.17, 15) is 0 Å². The van der Waals surface area contributed by atoms with Gasteiger partial charge in [-0.15, -0.1) is 0 Å². The summed E-state index contributed by atoms with van der Waals surface area (Å²) < 4.78 is 59.6. The van der Waals surface area contributed by atoms with E-state index in [-0.39, 0.29) is 46.5 Å². The lowest BCUT2D eigenvalue weighted by Gasteiger charge is -2.15. The van der Waals surface area contributed by atoms with Crippen molar-refractivity contribution < 1.29 is 9.60 Å². The molecule has 140 valence electrons. The van der Waals surface area contributed by atoms with Crippen molar-refractivity contribution in [1.82, 2.24) is 0 Å². The fourth-order valence-corrected chi connectivity index (χ4v) is 4.15. The summed E-state index contributed by atoms with van der Waals surface area (Å²) in [5.41, 5.74) is 2.96. The first kappa shape index (κ1) is 11.3. The quantitative estimate of drug-likeness (QED) is 0.261. The van der Waals surface area contributed by atoms with Gasteiger partial charge in [-0.25, -0.2) is 0 Å². The van der Waals surface area contributed by atoms with E-state index in [1.807, 2.05) is 66.7 Å². The van der Waals surface area contributed by atoms with Gasteiger partial charge in [0.2, 0.25) is 0 Å². The molecule has 0 aromatic heterocycles. The van der Waals surface area contributed by atoms with E-state index in [1.165, 1.54) is 0 Å². The maximum atomic E-state index is 8.91. The van der Waals surface area contributed by atoms with Crippen LogP contribution in [0.3, 0.4) is 0 Å². The summed E-state index contributed by atoms with van der Waals surface area (Å²) in [5.74, 6) is 0. The summed E-state index contributed by atoms with van der Waals surface area (Å²) in [4.78, 5) is 0. The third-order valence-electron chi connectivity index (χ3n) is 5.53. The Morgan fingerprint density at radius 2 is 1.23 bits per heavy atom. The number of fused-ring (bicyclic) bond motifs is 3. The molecule has 0 unspecified atom stereocenters. The molecule has 0 aliphatic rings. The molecule has 0 saturated heterocycles. The first-order chi connectivity index (χ1) is 17.8. The predicted octanol–water partition coefficient (Wildman–Crippen LogP) is 8.48. The van der Waals surface area contributed by atoms with Crippen LogP contribution in [0.15, 0.2) is 121 Å². The highest BCUT2D eigenvalue weighted by molar-refractivity contribution is 6.17. The molecule has 6 rings (SSSR count). The molecule has 30 heavy (non-hydrogen) atoms. The molecule has 0 amide bonds. The first-order valence-electron chi connectivity index (χ1n) is 13.3. The Morgan fingerprint density at radius 3 is 2.17 bits per heavy atom. The lowest BCUT2D eigenvalue weighted by molar-refractivity contribution is 1.64. The molecule has 0 atom stereocenters. The Kier molecular flexibility index (Phi) is 2.59. The van der Waals surface area contributed by atoms with E-state index in [1.54, 1.807) is 0 Å². The monoisotopic (exact) mass is 387 g/mol. The van der Waals surface area contributed by atoms with E-state index in [0.717, 1.165) is 32.7 Å². The average molecular weight is 388 g/mol. The van der Waals surface area contributed by atoms with Gasteiger partial charge in [0.15, 0.2) is 0 Å². The van der Waals surface area contributed by atoms with Gasteiger partial charge in [0.05, 0.1) is 9.60 Å². The fourth-order valence-electron chi connectivity index (χ4n) is 4.15. The number of rotatable bonds is 2. The first-order valence-corrected chi connectivity index (χ1v) is 9.80. The van der Waals surface area contributed by atoms with Crippen LogP contribution in [0, 0.1) is 0 Å². The molecular weight excluding hydrogens is 360 g/mol. The molecule has 0 aliphatic heterocycles. The van der Waals surface area contributed by atoms with Crippen molar-refractivity contribution in [2.75, 3.05) is 0 Å². The molecule has 0 heteroatoms. The number of hydrogen-bond donors (Lipinski definition) is 0. The molecule has 0 bridgehead atoms. The van der Waals surface area contributed by atoms with Crippen LogP contribution in [-0.2, 0) is 0 Å². The van der Waals surface area contributed by atoms with E-state index in [4.69, 9.17) is 9.60 Å². The van der Waals surface area contributed by atoms with Crippen LogP contribution >= 0.6 is 0 Å². The summed E-state index contributed by atoms with van der Waals surface area (Å²) in [7, 11) is 0. The van der Waals surface area contributed by atoms with E-state index >= 15 is 0 Å². The van der Waals surface area contributed by atoms with Gasteiger partial charge >= 0.3 is 0 Å². The van der Waals surface area contributed by atoms with Crippen LogP contribution in [0.4, 0.5) is 0 Å². The predicted molar refractivity (Wildman–Crippen MR) is 130 cm³/mol. The van der Waals surface area contributed by atoms with Crippen molar-refractivity contribution in [2.45, 2.75) is 0 Å². The highest BCUT2D eigenvalue weighted by Crippen LogP contribution is 2.40. The van der Waals surface area contributed by atoms with Crippen LogP contribution < -0.4 is 0 Å². The Morgan fingerprint density at radius 1 is 0.467 bits per heavy atom. The Bertz CT molecular complexity index is 1890. The molecule has 0 radical (unpaired) electrons. The second-order valence-corrected chi connectivity index (χ2v) is 7.27. The summed E-state index contributed by atoms with van der Waals surface area (Å²) >= 11 is 0. The third-order valence-corrected chi connectivity index (χ3v) is 5.53. The topological polar surface area (TPSA) is 0 Å². The summed E-state index contributed by atoms with van der Waals surface area (Å²) in [5, 5.41) is 3.49. The lowest BCUT2D eigenvalue weighted by atomic mass is 9.88. The fraction of sp³-hybridized carbons (Fsp3) is 0. The van der Waals surface area contributed by atoms with Crippen molar-refractivity contribution in [3.63, 3.8) is 0 Å². The van der Waals surface area contributed by atoms with Gasteiger partial charge in [-0.05, 0) is 66.7 Å². The minimum absolute atomic E-state index is 0.0380. The minimum Gasteiger partial charge on any atom is -0.0622 e. The molecule has 0 N–H and O–H groups in total. The second kappa shape index (κ2) is 6.86. The number of benzene rings is 6. The van der Waals surface area contributed by atoms with Crippen molar-refractivity contribution in [1.29, 1.82) is 0 Å². The van der Waals surface area contributed by atoms with Gasteiger partial charge in [0, 0.05) is 0 Å². The molecule has 0 heterocycles. The highest BCUT2D eigenvalue weighted by Gasteiger charge is 2.13. The molecule has 0 nitrogen and oxygen atoms in total. The number of hydrogen-bond acceptors (Lipinski definition) is 0. The van der Waals surface area contributed by atoms with Gasteiger partial charge in [0.25, 0.3) is 0 Å². The molecule has 6 aromatic rings. The SMILES string of the molecule is [2H]c1c([2H])c([2H])c2c(-c3c4ccccc4cc4cc(-c5ccccc5)ccc34)c([2H])c([2H])c([2H])c2c1[2H]. The molecule has 0 fully saturated rings. The van der Waals surface area contributed by atoms with Crippen LogP contribution in [0.5, 0.6) is 0 Å². The van der Waals surface area contributed by atoms with Crippen LogP contribution in [0.1, 0.15) is 9.60 Å². The summed E-state index contributed by atoms with van der Waals surface area (Å²) in [6, 6.07) is 23.3. The molecule has 0 saturated carbocycles. The summed E-state index contributed by atoms with van der Waals surface area (Å²) in [6.07, 6.45) is 0. The van der Waals surface area contributed by atoms with Crippen molar-refractivity contribution in [3.05, 3.63) is 121 Å². The van der Waals surface area contributed by atoms with Crippen LogP contribution in [0.2, 0.25) is 0 Å². The molecule has 0 aliphatic carbocycles. The van der Waals surface area contributed by atoms with Gasteiger partial charge in [-0.2, -0.15) is 0 Å². The van der Waals surface area contributed by atoms with Crippen molar-refractivity contribution in [3.8, 4) is 22.3 Å². The largest absolute Gasteiger partial charge is 0.0629 e. The van der Waals surface area contributed by atoms with E-state index < -0.39 is 12.1 Å². The maximum Gasteiger partial charge on any atom is 0.0629 e. The van der Waals surface area contributed by atoms with Crippen LogP contribution in [-0.4, -0.2) is 0 Å². The zero-order chi connectivity index (χ0) is 26.0. The van der Waals surface area contributed by atoms with E-state index in [0.29, 0.717) is 5.56 Å². The zero-order valence-electron chi connectivity index (χ0n) is 23.0. The van der Waals surface area contributed by atoms with Crippen molar-refractivity contribution in [2.24, 2.45) is 0 Å². The minimum atomic E-state index is -0.454.